The van der Waals surface area contributed by atoms with Gasteiger partial charge in [0.2, 0.25) is 11.9 Å². The van der Waals surface area contributed by atoms with Gasteiger partial charge in [-0.05, 0) is 36.2 Å². The topological polar surface area (TPSA) is 73.4 Å². The number of likely N-dealkylation sites (tertiary alicyclic amines) is 1. The molecule has 166 valence electrons. The van der Waals surface area contributed by atoms with E-state index in [0.717, 1.165) is 61.4 Å². The van der Waals surface area contributed by atoms with E-state index in [0.29, 0.717) is 23.9 Å². The lowest BCUT2D eigenvalue weighted by Crippen LogP contribution is -2.44. The number of para-hydroxylation sites is 1. The molecule has 1 aromatic heterocycles. The molecule has 0 aliphatic carbocycles. The number of fused-ring (bicyclic) bond motifs is 1. The van der Waals surface area contributed by atoms with E-state index in [4.69, 9.17) is 21.6 Å². The van der Waals surface area contributed by atoms with Gasteiger partial charge in [0.1, 0.15) is 5.82 Å². The van der Waals surface area contributed by atoms with E-state index in [1.165, 1.54) is 0 Å². The summed E-state index contributed by atoms with van der Waals surface area (Å²) < 4.78 is 0. The van der Waals surface area contributed by atoms with E-state index in [1.807, 2.05) is 47.4 Å². The van der Waals surface area contributed by atoms with E-state index in [2.05, 4.69) is 21.6 Å². The van der Waals surface area contributed by atoms with E-state index in [9.17, 15) is 4.79 Å². The number of nitrogens with one attached hydrogen (secondary N) is 2. The molecule has 1 amide bonds. The summed E-state index contributed by atoms with van der Waals surface area (Å²) in [4.78, 5) is 26.7. The Morgan fingerprint density at radius 1 is 1.06 bits per heavy atom. The number of carbonyl (C=O) groups excluding carboxylic acids is 1. The van der Waals surface area contributed by atoms with Gasteiger partial charge in [-0.25, -0.2) is 4.98 Å². The van der Waals surface area contributed by atoms with Gasteiger partial charge in [0.15, 0.2) is 0 Å². The SMILES string of the molecule is O=C(Cc1ccc(Cl)cc1)N1CCC(Nc2nc(N3CCNCC3)c3ccccc3n2)C1. The van der Waals surface area contributed by atoms with Crippen molar-refractivity contribution >= 4 is 40.2 Å². The predicted octanol–water partition coefficient (Wildman–Crippen LogP) is 2.95. The number of piperazine rings is 1. The lowest BCUT2D eigenvalue weighted by molar-refractivity contribution is -0.129. The number of aromatic nitrogens is 2. The van der Waals surface area contributed by atoms with Crippen LogP contribution in [0.2, 0.25) is 5.02 Å². The number of nitrogens with zero attached hydrogens (tertiary/aromatic N) is 4. The molecule has 32 heavy (non-hydrogen) atoms. The summed E-state index contributed by atoms with van der Waals surface area (Å²) in [6.45, 7) is 5.16. The van der Waals surface area contributed by atoms with E-state index in [-0.39, 0.29) is 11.9 Å². The zero-order valence-corrected chi connectivity index (χ0v) is 18.7. The Bertz CT molecular complexity index is 1100. The molecule has 0 spiro atoms. The molecule has 0 radical (unpaired) electrons. The summed E-state index contributed by atoms with van der Waals surface area (Å²) in [7, 11) is 0. The third-order valence-corrected chi connectivity index (χ3v) is 6.39. The second-order valence-electron chi connectivity index (χ2n) is 8.40. The maximum Gasteiger partial charge on any atom is 0.227 e. The van der Waals surface area contributed by atoms with Crippen molar-refractivity contribution in [3.05, 3.63) is 59.1 Å². The highest BCUT2D eigenvalue weighted by Crippen LogP contribution is 2.26. The van der Waals surface area contributed by atoms with Gasteiger partial charge in [0.25, 0.3) is 0 Å². The molecular weight excluding hydrogens is 424 g/mol. The van der Waals surface area contributed by atoms with Crippen LogP contribution in [0.5, 0.6) is 0 Å². The van der Waals surface area contributed by atoms with E-state index >= 15 is 0 Å². The fourth-order valence-corrected chi connectivity index (χ4v) is 4.54. The molecule has 0 saturated carbocycles. The molecule has 3 heterocycles. The first kappa shape index (κ1) is 21.0. The summed E-state index contributed by atoms with van der Waals surface area (Å²) in [6.07, 6.45) is 1.27. The van der Waals surface area contributed by atoms with Gasteiger partial charge in [-0.1, -0.05) is 35.9 Å². The summed E-state index contributed by atoms with van der Waals surface area (Å²) >= 11 is 5.95. The van der Waals surface area contributed by atoms with E-state index < -0.39 is 0 Å². The lowest BCUT2D eigenvalue weighted by atomic mass is 10.1. The first-order chi connectivity index (χ1) is 15.7. The van der Waals surface area contributed by atoms with Gasteiger partial charge in [-0.2, -0.15) is 4.98 Å². The maximum absolute atomic E-state index is 12.8. The highest BCUT2D eigenvalue weighted by molar-refractivity contribution is 6.30. The normalized spacial score (nSPS) is 18.8. The minimum Gasteiger partial charge on any atom is -0.353 e. The highest BCUT2D eigenvalue weighted by atomic mass is 35.5. The number of benzene rings is 2. The van der Waals surface area contributed by atoms with Crippen molar-refractivity contribution in [2.75, 3.05) is 49.5 Å². The molecule has 7 nitrogen and oxygen atoms in total. The van der Waals surface area contributed by atoms with Gasteiger partial charge in [0, 0.05) is 55.7 Å². The number of carbonyl (C=O) groups is 1. The average Bonchev–Trinajstić information content (AvgIpc) is 3.29. The van der Waals surface area contributed by atoms with Crippen molar-refractivity contribution in [3.8, 4) is 0 Å². The van der Waals surface area contributed by atoms with Gasteiger partial charge in [-0.15, -0.1) is 0 Å². The van der Waals surface area contributed by atoms with Crippen LogP contribution in [0, 0.1) is 0 Å². The van der Waals surface area contributed by atoms with Crippen molar-refractivity contribution in [2.24, 2.45) is 0 Å². The van der Waals surface area contributed by atoms with Crippen molar-refractivity contribution < 1.29 is 4.79 Å². The van der Waals surface area contributed by atoms with Crippen LogP contribution < -0.4 is 15.5 Å². The molecular formula is C24H27ClN6O. The number of anilines is 2. The van der Waals surface area contributed by atoms with Crippen LogP contribution in [0.15, 0.2) is 48.5 Å². The summed E-state index contributed by atoms with van der Waals surface area (Å²) in [6, 6.07) is 15.8. The van der Waals surface area contributed by atoms with E-state index in [1.54, 1.807) is 0 Å². The summed E-state index contributed by atoms with van der Waals surface area (Å²) in [5.41, 5.74) is 1.92. The smallest absolute Gasteiger partial charge is 0.227 e. The standard InChI is InChI=1S/C24H27ClN6O/c25-18-7-5-17(6-8-18)15-22(32)31-12-9-19(16-31)27-24-28-21-4-2-1-3-20(21)23(29-24)30-13-10-26-11-14-30/h1-8,19,26H,9-16H2,(H,27,28,29). The number of rotatable bonds is 5. The van der Waals surface area contributed by atoms with Gasteiger partial charge in [-0.3, -0.25) is 4.79 Å². The molecule has 2 aliphatic rings. The molecule has 2 aromatic carbocycles. The number of hydrogen-bond acceptors (Lipinski definition) is 6. The van der Waals surface area contributed by atoms with Crippen molar-refractivity contribution in [1.29, 1.82) is 0 Å². The molecule has 2 aliphatic heterocycles. The first-order valence-corrected chi connectivity index (χ1v) is 11.5. The zero-order valence-electron chi connectivity index (χ0n) is 17.9. The Morgan fingerprint density at radius 2 is 1.84 bits per heavy atom. The molecule has 0 bridgehead atoms. The van der Waals surface area contributed by atoms with Crippen LogP contribution in [0.1, 0.15) is 12.0 Å². The minimum atomic E-state index is 0.137. The highest BCUT2D eigenvalue weighted by Gasteiger charge is 2.27. The molecule has 2 N–H and O–H groups in total. The second kappa shape index (κ2) is 9.30. The average molecular weight is 451 g/mol. The van der Waals surface area contributed by atoms with Gasteiger partial charge in [0.05, 0.1) is 11.9 Å². The third-order valence-electron chi connectivity index (χ3n) is 6.14. The predicted molar refractivity (Wildman–Crippen MR) is 128 cm³/mol. The van der Waals surface area contributed by atoms with Crippen LogP contribution in [-0.2, 0) is 11.2 Å². The summed E-state index contributed by atoms with van der Waals surface area (Å²) in [5.74, 6) is 1.75. The van der Waals surface area contributed by atoms with Crippen LogP contribution in [-0.4, -0.2) is 66.1 Å². The van der Waals surface area contributed by atoms with Crippen molar-refractivity contribution in [3.63, 3.8) is 0 Å². The fourth-order valence-electron chi connectivity index (χ4n) is 4.42. The first-order valence-electron chi connectivity index (χ1n) is 11.2. The van der Waals surface area contributed by atoms with Gasteiger partial charge >= 0.3 is 0 Å². The van der Waals surface area contributed by atoms with Gasteiger partial charge < -0.3 is 20.4 Å². The van der Waals surface area contributed by atoms with Crippen LogP contribution in [0.25, 0.3) is 10.9 Å². The van der Waals surface area contributed by atoms with Crippen LogP contribution >= 0.6 is 11.6 Å². The zero-order chi connectivity index (χ0) is 21.9. The Hall–Kier alpha value is -2.90. The number of amides is 1. The molecule has 1 atom stereocenters. The molecule has 2 saturated heterocycles. The largest absolute Gasteiger partial charge is 0.353 e. The second-order valence-corrected chi connectivity index (χ2v) is 8.83. The Morgan fingerprint density at radius 3 is 2.66 bits per heavy atom. The lowest BCUT2D eigenvalue weighted by Gasteiger charge is -2.29. The molecule has 8 heteroatoms. The minimum absolute atomic E-state index is 0.137. The fraction of sp³-hybridized carbons (Fsp3) is 0.375. The van der Waals surface area contributed by atoms with Crippen molar-refractivity contribution in [2.45, 2.75) is 18.9 Å². The molecule has 2 fully saturated rings. The quantitative estimate of drug-likeness (QED) is 0.622. The van der Waals surface area contributed by atoms with Crippen molar-refractivity contribution in [1.82, 2.24) is 20.2 Å². The number of halogens is 1. The molecule has 3 aromatic rings. The van der Waals surface area contributed by atoms with Crippen LogP contribution in [0.4, 0.5) is 11.8 Å². The monoisotopic (exact) mass is 450 g/mol. The Balaban J connectivity index is 1.28. The third kappa shape index (κ3) is 4.64. The maximum atomic E-state index is 12.8. The number of hydrogen-bond donors (Lipinski definition) is 2. The molecule has 1 unspecified atom stereocenters. The van der Waals surface area contributed by atoms with Crippen LogP contribution in [0.3, 0.4) is 0 Å². The Kier molecular flexibility index (Phi) is 6.10. The Labute approximate surface area is 192 Å². The molecule has 5 rings (SSSR count). The summed E-state index contributed by atoms with van der Waals surface area (Å²) in [5, 5.41) is 8.65.